The molecule has 0 aromatic heterocycles. The number of hydrogen-bond donors (Lipinski definition) is 1. The van der Waals surface area contributed by atoms with Crippen LogP contribution in [0.3, 0.4) is 0 Å². The molecule has 1 rings (SSSR count). The molecule has 2 unspecified atom stereocenters. The Morgan fingerprint density at radius 1 is 0.486 bits per heavy atom. The molecule has 2 nitrogen and oxygen atoms in total. The van der Waals surface area contributed by atoms with Crippen LogP contribution in [-0.2, 0) is 4.79 Å². The van der Waals surface area contributed by atoms with Gasteiger partial charge in [-0.2, -0.15) is 83.4 Å². The zero-order chi connectivity index (χ0) is 29.1. The largest absolute Gasteiger partial charge is 0.479 e. The summed E-state index contributed by atoms with van der Waals surface area (Å²) in [5, 5.41) is 8.04. The molecule has 0 aliphatic heterocycles. The van der Waals surface area contributed by atoms with E-state index in [0.717, 1.165) is 0 Å². The normalized spacial score (nSPS) is 31.2. The van der Waals surface area contributed by atoms with Crippen LogP contribution in [0.1, 0.15) is 0 Å². The van der Waals surface area contributed by atoms with Crippen LogP contribution in [0.4, 0.5) is 92.2 Å². The number of halogens is 21. The molecule has 35 heavy (non-hydrogen) atoms. The first-order valence-electron chi connectivity index (χ1n) is 7.40. The van der Waals surface area contributed by atoms with Gasteiger partial charge in [0.05, 0.1) is 0 Å². The molecule has 1 aliphatic rings. The monoisotopic (exact) mass is 576 g/mol. The molecule has 0 radical (unpaired) electrons. The first kappa shape index (κ1) is 31.0. The van der Waals surface area contributed by atoms with Crippen molar-refractivity contribution in [2.75, 3.05) is 0 Å². The summed E-state index contributed by atoms with van der Waals surface area (Å²) in [6, 6.07) is 0. The smallest absolute Gasteiger partial charge is 0.460 e. The molecular weight excluding hydrogens is 575 g/mol. The summed E-state index contributed by atoms with van der Waals surface area (Å²) in [4.78, 5) is 10.4. The van der Waals surface area contributed by atoms with E-state index in [9.17, 15) is 97.0 Å². The Bertz CT molecular complexity index is 885. The standard InChI is InChI=1S/C12HF21O2/c13-2(1(34)35)4(15,16)3(14,6(19,20)8(23,24)5(2,17)18)7(21,22)9(25,26)10(27,28)11(29,30)12(31,32)33/h(H,34,35). The minimum absolute atomic E-state index is 4.99. The van der Waals surface area contributed by atoms with Crippen molar-refractivity contribution in [3.63, 3.8) is 0 Å². The Balaban J connectivity index is 4.29. The number of rotatable bonds is 5. The molecule has 23 heteroatoms. The van der Waals surface area contributed by atoms with Crippen LogP contribution in [0, 0.1) is 0 Å². The molecule has 0 saturated heterocycles. The van der Waals surface area contributed by atoms with Crippen LogP contribution in [0.15, 0.2) is 0 Å². The highest BCUT2D eigenvalue weighted by Gasteiger charge is 3.09. The Morgan fingerprint density at radius 2 is 0.829 bits per heavy atom. The van der Waals surface area contributed by atoms with Crippen molar-refractivity contribution >= 4 is 5.97 Å². The maximum Gasteiger partial charge on any atom is 0.460 e. The molecule has 2 atom stereocenters. The predicted octanol–water partition coefficient (Wildman–Crippen LogP) is 6.15. The van der Waals surface area contributed by atoms with Crippen LogP contribution in [0.2, 0.25) is 0 Å². The summed E-state index contributed by atoms with van der Waals surface area (Å²) in [7, 11) is 0. The minimum atomic E-state index is -9.50. The lowest BCUT2D eigenvalue weighted by Gasteiger charge is -2.56. The minimum Gasteiger partial charge on any atom is -0.479 e. The third-order valence-electron chi connectivity index (χ3n) is 4.79. The van der Waals surface area contributed by atoms with Gasteiger partial charge in [-0.25, -0.2) is 13.6 Å². The van der Waals surface area contributed by atoms with Crippen molar-refractivity contribution in [1.82, 2.24) is 0 Å². The Kier molecular flexibility index (Phi) is 6.07. The second-order valence-electron chi connectivity index (χ2n) is 6.72. The van der Waals surface area contributed by atoms with Gasteiger partial charge >= 0.3 is 70.9 Å². The fraction of sp³-hybridized carbons (Fsp3) is 0.917. The molecule has 208 valence electrons. The molecule has 0 bridgehead atoms. The van der Waals surface area contributed by atoms with Gasteiger partial charge in [-0.05, 0) is 0 Å². The summed E-state index contributed by atoms with van der Waals surface area (Å²) in [5.41, 5.74) is -17.5. The van der Waals surface area contributed by atoms with Gasteiger partial charge in [-0.3, -0.25) is 0 Å². The summed E-state index contributed by atoms with van der Waals surface area (Å²) >= 11 is 0. The van der Waals surface area contributed by atoms with Gasteiger partial charge in [0.2, 0.25) is 0 Å². The van der Waals surface area contributed by atoms with Crippen LogP contribution >= 0.6 is 0 Å². The summed E-state index contributed by atoms with van der Waals surface area (Å²) in [5.74, 6) is -76.3. The highest BCUT2D eigenvalue weighted by molar-refractivity contribution is 5.82. The number of carbonyl (C=O) groups is 1. The van der Waals surface area contributed by atoms with Gasteiger partial charge in [0.15, 0.2) is 0 Å². The number of carboxylic acids is 1. The third kappa shape index (κ3) is 2.71. The van der Waals surface area contributed by atoms with Crippen molar-refractivity contribution in [3.05, 3.63) is 0 Å². The molecular formula is C12HF21O2. The molecule has 0 spiro atoms. The van der Waals surface area contributed by atoms with Crippen molar-refractivity contribution < 1.29 is 102 Å². The Morgan fingerprint density at radius 3 is 1.11 bits per heavy atom. The fourth-order valence-corrected chi connectivity index (χ4v) is 2.71. The van der Waals surface area contributed by atoms with Crippen molar-refractivity contribution in [3.8, 4) is 0 Å². The Labute approximate surface area is 174 Å². The second-order valence-corrected chi connectivity index (χ2v) is 6.72. The van der Waals surface area contributed by atoms with E-state index in [2.05, 4.69) is 0 Å². The van der Waals surface area contributed by atoms with Crippen LogP contribution in [-0.4, -0.2) is 76.0 Å². The summed E-state index contributed by atoms with van der Waals surface area (Å²) in [6.45, 7) is 0. The molecule has 1 fully saturated rings. The average molecular weight is 576 g/mol. The second kappa shape index (κ2) is 6.85. The van der Waals surface area contributed by atoms with Crippen molar-refractivity contribution in [2.45, 2.75) is 64.9 Å². The molecule has 0 aromatic rings. The van der Waals surface area contributed by atoms with Crippen LogP contribution < -0.4 is 0 Å². The van der Waals surface area contributed by atoms with Crippen LogP contribution in [0.5, 0.6) is 0 Å². The predicted molar refractivity (Wildman–Crippen MR) is 60.9 cm³/mol. The first-order valence-corrected chi connectivity index (χ1v) is 7.40. The number of hydrogen-bond acceptors (Lipinski definition) is 1. The average Bonchev–Trinajstić information content (AvgIpc) is 2.62. The van der Waals surface area contributed by atoms with Crippen molar-refractivity contribution in [1.29, 1.82) is 0 Å². The maximum absolute atomic E-state index is 14.4. The van der Waals surface area contributed by atoms with E-state index in [1.54, 1.807) is 0 Å². The topological polar surface area (TPSA) is 37.3 Å². The fourth-order valence-electron chi connectivity index (χ4n) is 2.71. The van der Waals surface area contributed by atoms with Gasteiger partial charge in [0.1, 0.15) is 0 Å². The van der Waals surface area contributed by atoms with E-state index >= 15 is 0 Å². The highest BCUT2D eigenvalue weighted by Crippen LogP contribution is 2.74. The van der Waals surface area contributed by atoms with E-state index in [1.165, 1.54) is 0 Å². The van der Waals surface area contributed by atoms with Gasteiger partial charge < -0.3 is 5.11 Å². The molecule has 1 aliphatic carbocycles. The molecule has 0 amide bonds. The number of aliphatic carboxylic acids is 1. The Hall–Kier alpha value is -2.00. The van der Waals surface area contributed by atoms with Gasteiger partial charge in [-0.1, -0.05) is 0 Å². The summed E-state index contributed by atoms with van der Waals surface area (Å²) < 4.78 is 280. The van der Waals surface area contributed by atoms with Gasteiger partial charge in [0, 0.05) is 0 Å². The maximum atomic E-state index is 14.4. The van der Waals surface area contributed by atoms with E-state index in [0.29, 0.717) is 0 Å². The zero-order valence-electron chi connectivity index (χ0n) is 14.8. The van der Waals surface area contributed by atoms with Gasteiger partial charge in [-0.15, -0.1) is 0 Å². The molecule has 1 saturated carbocycles. The van der Waals surface area contributed by atoms with Crippen LogP contribution in [0.25, 0.3) is 0 Å². The highest BCUT2D eigenvalue weighted by atomic mass is 19.4. The van der Waals surface area contributed by atoms with Crippen molar-refractivity contribution in [2.24, 2.45) is 0 Å². The first-order chi connectivity index (χ1) is 14.7. The zero-order valence-corrected chi connectivity index (χ0v) is 14.8. The third-order valence-corrected chi connectivity index (χ3v) is 4.79. The lowest BCUT2D eigenvalue weighted by Crippen LogP contribution is -2.91. The molecule has 0 aromatic carbocycles. The van der Waals surface area contributed by atoms with E-state index < -0.39 is 70.9 Å². The van der Waals surface area contributed by atoms with E-state index in [1.807, 2.05) is 0 Å². The SMILES string of the molecule is O=C(O)C1(F)C(F)(F)C(F)(F)C(F)(F)C(F)(C(F)(F)C(F)(F)C(F)(F)C(F)(F)C(F)(F)F)C1(F)F. The lowest BCUT2D eigenvalue weighted by atomic mass is 9.62. The summed E-state index contributed by atoms with van der Waals surface area (Å²) in [6.07, 6.45) is -8.13. The van der Waals surface area contributed by atoms with E-state index in [-0.39, 0.29) is 0 Å². The quantitative estimate of drug-likeness (QED) is 0.400. The number of carboxylic acid groups (broad SMARTS) is 1. The molecule has 0 heterocycles. The molecule has 1 N–H and O–H groups in total. The van der Waals surface area contributed by atoms with Gasteiger partial charge in [0.25, 0.3) is 0 Å². The van der Waals surface area contributed by atoms with E-state index in [4.69, 9.17) is 5.11 Å². The lowest BCUT2D eigenvalue weighted by molar-refractivity contribution is -0.506. The number of alkyl halides is 21.